The van der Waals surface area contributed by atoms with Crippen LogP contribution >= 0.6 is 24.0 Å². The zero-order valence-electron chi connectivity index (χ0n) is 18.0. The molecular formula is C22H33IN6O. The molecule has 2 saturated heterocycles. The molecule has 2 aliphatic heterocycles. The Labute approximate surface area is 196 Å². The summed E-state index contributed by atoms with van der Waals surface area (Å²) in [5.74, 6) is 1.82. The lowest BCUT2D eigenvalue weighted by molar-refractivity contribution is 0.168. The van der Waals surface area contributed by atoms with E-state index in [-0.39, 0.29) is 24.0 Å². The number of piperidine rings is 1. The molecule has 4 rings (SSSR count). The van der Waals surface area contributed by atoms with Crippen LogP contribution in [0.3, 0.4) is 0 Å². The summed E-state index contributed by atoms with van der Waals surface area (Å²) in [5.41, 5.74) is 2.01. The summed E-state index contributed by atoms with van der Waals surface area (Å²) in [6.45, 7) is 5.32. The molecule has 3 heterocycles. The van der Waals surface area contributed by atoms with Crippen LogP contribution in [-0.4, -0.2) is 71.9 Å². The zero-order valence-corrected chi connectivity index (χ0v) is 20.3. The van der Waals surface area contributed by atoms with Gasteiger partial charge in [-0.3, -0.25) is 9.89 Å². The number of ether oxygens (including phenoxy) is 1. The van der Waals surface area contributed by atoms with E-state index in [9.17, 15) is 0 Å². The van der Waals surface area contributed by atoms with Crippen LogP contribution in [0.15, 0.2) is 41.5 Å². The van der Waals surface area contributed by atoms with Gasteiger partial charge in [-0.05, 0) is 62.7 Å². The van der Waals surface area contributed by atoms with Gasteiger partial charge in [0.25, 0.3) is 0 Å². The van der Waals surface area contributed by atoms with Crippen molar-refractivity contribution in [3.8, 4) is 11.4 Å². The lowest BCUT2D eigenvalue weighted by Gasteiger charge is -2.32. The maximum absolute atomic E-state index is 5.22. The van der Waals surface area contributed by atoms with E-state index in [0.29, 0.717) is 12.6 Å². The van der Waals surface area contributed by atoms with Gasteiger partial charge in [-0.1, -0.05) is 6.42 Å². The van der Waals surface area contributed by atoms with E-state index in [1.807, 2.05) is 48.3 Å². The minimum Gasteiger partial charge on any atom is -0.497 e. The standard InChI is InChI=1S/C22H32N6O.HI/c1-23-22(27-14-11-20(17-27)26-12-4-3-5-13-26)24-16-18-10-15-28(25-18)19-6-8-21(29-2)9-7-19;/h6-10,15,20H,3-5,11-14,16-17H2,1-2H3,(H,23,24);1H. The Bertz CT molecular complexity index is 815. The molecule has 164 valence electrons. The van der Waals surface area contributed by atoms with Crippen molar-refractivity contribution in [2.24, 2.45) is 4.99 Å². The topological polar surface area (TPSA) is 57.9 Å². The van der Waals surface area contributed by atoms with Crippen molar-refractivity contribution in [3.63, 3.8) is 0 Å². The van der Waals surface area contributed by atoms with Gasteiger partial charge in [-0.2, -0.15) is 5.10 Å². The highest BCUT2D eigenvalue weighted by Gasteiger charge is 2.29. The van der Waals surface area contributed by atoms with E-state index in [4.69, 9.17) is 4.74 Å². The number of aromatic nitrogens is 2. The van der Waals surface area contributed by atoms with E-state index >= 15 is 0 Å². The third-order valence-electron chi connectivity index (χ3n) is 5.99. The molecule has 2 aromatic rings. The van der Waals surface area contributed by atoms with Gasteiger partial charge in [0.2, 0.25) is 0 Å². The molecule has 1 atom stereocenters. The van der Waals surface area contributed by atoms with Gasteiger partial charge in [0.15, 0.2) is 5.96 Å². The fraction of sp³-hybridized carbons (Fsp3) is 0.545. The molecule has 0 spiro atoms. The molecule has 1 aromatic heterocycles. The average molecular weight is 524 g/mol. The highest BCUT2D eigenvalue weighted by atomic mass is 127. The minimum absolute atomic E-state index is 0. The molecule has 1 unspecified atom stereocenters. The number of rotatable bonds is 5. The lowest BCUT2D eigenvalue weighted by atomic mass is 10.1. The van der Waals surface area contributed by atoms with Crippen LogP contribution in [0.2, 0.25) is 0 Å². The summed E-state index contributed by atoms with van der Waals surface area (Å²) >= 11 is 0. The van der Waals surface area contributed by atoms with Crippen molar-refractivity contribution in [2.45, 2.75) is 38.3 Å². The summed E-state index contributed by atoms with van der Waals surface area (Å²) in [5, 5.41) is 8.18. The van der Waals surface area contributed by atoms with Crippen LogP contribution in [-0.2, 0) is 6.54 Å². The maximum Gasteiger partial charge on any atom is 0.194 e. The molecule has 30 heavy (non-hydrogen) atoms. The van der Waals surface area contributed by atoms with Crippen molar-refractivity contribution < 1.29 is 4.74 Å². The monoisotopic (exact) mass is 524 g/mol. The van der Waals surface area contributed by atoms with Gasteiger partial charge in [0, 0.05) is 32.4 Å². The first kappa shape index (κ1) is 22.9. The van der Waals surface area contributed by atoms with Gasteiger partial charge >= 0.3 is 0 Å². The first-order chi connectivity index (χ1) is 14.3. The van der Waals surface area contributed by atoms with Gasteiger partial charge in [-0.15, -0.1) is 24.0 Å². The van der Waals surface area contributed by atoms with Crippen molar-refractivity contribution in [3.05, 3.63) is 42.2 Å². The number of likely N-dealkylation sites (tertiary alicyclic amines) is 2. The third-order valence-corrected chi connectivity index (χ3v) is 5.99. The van der Waals surface area contributed by atoms with Crippen molar-refractivity contribution >= 4 is 29.9 Å². The summed E-state index contributed by atoms with van der Waals surface area (Å²) in [4.78, 5) is 9.58. The number of guanidine groups is 1. The van der Waals surface area contributed by atoms with Gasteiger partial charge in [0.05, 0.1) is 25.0 Å². The van der Waals surface area contributed by atoms with Crippen molar-refractivity contribution in [1.29, 1.82) is 0 Å². The van der Waals surface area contributed by atoms with E-state index in [1.54, 1.807) is 7.11 Å². The number of hydrogen-bond donors (Lipinski definition) is 1. The Hall–Kier alpha value is -1.81. The predicted octanol–water partition coefficient (Wildman–Crippen LogP) is 3.13. The second kappa shape index (κ2) is 11.0. The molecule has 7 nitrogen and oxygen atoms in total. The number of benzene rings is 1. The minimum atomic E-state index is 0. The molecular weight excluding hydrogens is 491 g/mol. The molecule has 8 heteroatoms. The molecule has 2 aliphatic rings. The molecule has 0 saturated carbocycles. The van der Waals surface area contributed by atoms with Crippen LogP contribution in [0.25, 0.3) is 5.69 Å². The fourth-order valence-electron chi connectivity index (χ4n) is 4.35. The van der Waals surface area contributed by atoms with E-state index in [0.717, 1.165) is 36.2 Å². The smallest absolute Gasteiger partial charge is 0.194 e. The van der Waals surface area contributed by atoms with Gasteiger partial charge in [0.1, 0.15) is 5.75 Å². The Morgan fingerprint density at radius 1 is 1.13 bits per heavy atom. The zero-order chi connectivity index (χ0) is 20.1. The molecule has 2 fully saturated rings. The number of aliphatic imine (C=N–C) groups is 1. The molecule has 0 amide bonds. The van der Waals surface area contributed by atoms with Crippen LogP contribution in [0.1, 0.15) is 31.4 Å². The van der Waals surface area contributed by atoms with Crippen LogP contribution < -0.4 is 10.1 Å². The highest BCUT2D eigenvalue weighted by Crippen LogP contribution is 2.20. The number of nitrogens with one attached hydrogen (secondary N) is 1. The molecule has 0 bridgehead atoms. The highest BCUT2D eigenvalue weighted by molar-refractivity contribution is 14.0. The largest absolute Gasteiger partial charge is 0.497 e. The Morgan fingerprint density at radius 3 is 2.60 bits per heavy atom. The normalized spacial score (nSPS) is 20.1. The SMILES string of the molecule is CN=C(NCc1ccn(-c2ccc(OC)cc2)n1)N1CCC(N2CCCCC2)C1.I. The van der Waals surface area contributed by atoms with Crippen molar-refractivity contribution in [2.75, 3.05) is 40.3 Å². The van der Waals surface area contributed by atoms with Crippen molar-refractivity contribution in [1.82, 2.24) is 24.9 Å². The average Bonchev–Trinajstić information content (AvgIpc) is 3.45. The summed E-state index contributed by atoms with van der Waals surface area (Å²) in [6.07, 6.45) is 7.30. The van der Waals surface area contributed by atoms with E-state index in [2.05, 4.69) is 25.2 Å². The van der Waals surface area contributed by atoms with Gasteiger partial charge in [-0.25, -0.2) is 4.68 Å². The second-order valence-electron chi connectivity index (χ2n) is 7.84. The Morgan fingerprint density at radius 2 is 1.90 bits per heavy atom. The first-order valence-corrected chi connectivity index (χ1v) is 10.7. The Kier molecular flexibility index (Phi) is 8.38. The fourth-order valence-corrected chi connectivity index (χ4v) is 4.35. The third kappa shape index (κ3) is 5.46. The number of halogens is 1. The van der Waals surface area contributed by atoms with Crippen LogP contribution in [0.4, 0.5) is 0 Å². The molecule has 1 N–H and O–H groups in total. The predicted molar refractivity (Wildman–Crippen MR) is 131 cm³/mol. The Balaban J connectivity index is 0.00000256. The van der Waals surface area contributed by atoms with Crippen LogP contribution in [0, 0.1) is 0 Å². The number of hydrogen-bond acceptors (Lipinski definition) is 4. The van der Waals surface area contributed by atoms with Crippen LogP contribution in [0.5, 0.6) is 5.75 Å². The molecule has 0 aliphatic carbocycles. The lowest BCUT2D eigenvalue weighted by Crippen LogP contribution is -2.44. The van der Waals surface area contributed by atoms with E-state index < -0.39 is 0 Å². The second-order valence-corrected chi connectivity index (χ2v) is 7.84. The maximum atomic E-state index is 5.22. The molecule has 1 aromatic carbocycles. The first-order valence-electron chi connectivity index (χ1n) is 10.7. The number of methoxy groups -OCH3 is 1. The summed E-state index contributed by atoms with van der Waals surface area (Å²) < 4.78 is 7.11. The van der Waals surface area contributed by atoms with E-state index in [1.165, 1.54) is 38.8 Å². The summed E-state index contributed by atoms with van der Waals surface area (Å²) in [6, 6.07) is 10.6. The molecule has 0 radical (unpaired) electrons. The quantitative estimate of drug-likeness (QED) is 0.370. The summed E-state index contributed by atoms with van der Waals surface area (Å²) in [7, 11) is 3.54. The van der Waals surface area contributed by atoms with Gasteiger partial charge < -0.3 is 15.0 Å². The number of nitrogens with zero attached hydrogens (tertiary/aromatic N) is 5.